The molecule has 2 rings (SSSR count). The highest BCUT2D eigenvalue weighted by Gasteiger charge is 2.14. The van der Waals surface area contributed by atoms with Crippen LogP contribution in [-0.4, -0.2) is 37.6 Å². The van der Waals surface area contributed by atoms with E-state index in [-0.39, 0.29) is 17.5 Å². The topological polar surface area (TPSA) is 111 Å². The maximum Gasteiger partial charge on any atom is 0.576 e. The summed E-state index contributed by atoms with van der Waals surface area (Å²) in [7, 11) is -7.14. The molecule has 0 aliphatic heterocycles. The average molecular weight is 440 g/mol. The molecule has 0 saturated carbocycles. The normalized spacial score (nSPS) is 11.8. The highest BCUT2D eigenvalue weighted by Crippen LogP contribution is 2.18. The van der Waals surface area contributed by atoms with Crippen molar-refractivity contribution in [1.82, 2.24) is 9.44 Å². The van der Waals surface area contributed by atoms with Crippen LogP contribution in [-0.2, 0) is 20.0 Å². The first-order valence-electron chi connectivity index (χ1n) is 9.23. The molecule has 2 N–H and O–H groups in total. The second-order valence-electron chi connectivity index (χ2n) is 6.14. The molecule has 158 valence electrons. The summed E-state index contributed by atoms with van der Waals surface area (Å²) in [5.41, 5.74) is 0. The summed E-state index contributed by atoms with van der Waals surface area (Å²) >= 11 is 0. The number of nitrogens with one attached hydrogen (secondary N) is 2. The van der Waals surface area contributed by atoms with Crippen molar-refractivity contribution in [1.29, 1.82) is 0 Å². The molecule has 2 aromatic carbocycles. The lowest BCUT2D eigenvalue weighted by Crippen LogP contribution is -2.24. The van der Waals surface area contributed by atoms with E-state index in [0.29, 0.717) is 37.4 Å². The third-order valence-corrected chi connectivity index (χ3v) is 6.76. The molecule has 0 atom stereocenters. The zero-order valence-corrected chi connectivity index (χ0v) is 18.1. The van der Waals surface area contributed by atoms with Crippen LogP contribution in [0.3, 0.4) is 0 Å². The van der Waals surface area contributed by atoms with Crippen LogP contribution in [0.2, 0.25) is 0 Å². The van der Waals surface area contributed by atoms with Crippen LogP contribution < -0.4 is 18.8 Å². The lowest BCUT2D eigenvalue weighted by atomic mass is 10.3. The van der Waals surface area contributed by atoms with Gasteiger partial charge in [0.15, 0.2) is 0 Å². The fourth-order valence-electron chi connectivity index (χ4n) is 2.24. The van der Waals surface area contributed by atoms with Gasteiger partial charge in [-0.1, -0.05) is 13.8 Å². The Morgan fingerprint density at radius 2 is 1.03 bits per heavy atom. The van der Waals surface area contributed by atoms with Crippen molar-refractivity contribution in [2.75, 3.05) is 13.1 Å². The molecule has 11 heteroatoms. The highest BCUT2D eigenvalue weighted by molar-refractivity contribution is 7.89. The predicted octanol–water partition coefficient (Wildman–Crippen LogP) is 1.79. The summed E-state index contributed by atoms with van der Waals surface area (Å²) in [6, 6.07) is 12.0. The third-order valence-electron chi connectivity index (χ3n) is 3.80. The number of hydrogen-bond donors (Lipinski definition) is 2. The van der Waals surface area contributed by atoms with E-state index in [2.05, 4.69) is 9.44 Å². The number of hydrogen-bond acceptors (Lipinski definition) is 6. The van der Waals surface area contributed by atoms with Gasteiger partial charge in [-0.15, -0.1) is 0 Å². The van der Waals surface area contributed by atoms with E-state index in [4.69, 9.17) is 9.31 Å². The fraction of sp³-hybridized carbons (Fsp3) is 0.333. The van der Waals surface area contributed by atoms with Gasteiger partial charge in [-0.05, 0) is 61.4 Å². The van der Waals surface area contributed by atoms with Gasteiger partial charge in [0, 0.05) is 13.1 Å². The molecule has 0 saturated heterocycles. The molecule has 0 fully saturated rings. The van der Waals surface area contributed by atoms with E-state index in [1.54, 1.807) is 24.3 Å². The lowest BCUT2D eigenvalue weighted by molar-refractivity contribution is 0.458. The van der Waals surface area contributed by atoms with Gasteiger partial charge in [-0.2, -0.15) is 0 Å². The van der Waals surface area contributed by atoms with Gasteiger partial charge in [0.1, 0.15) is 11.5 Å². The van der Waals surface area contributed by atoms with Crippen molar-refractivity contribution in [2.24, 2.45) is 0 Å². The number of sulfonamides is 2. The van der Waals surface area contributed by atoms with Gasteiger partial charge >= 0.3 is 7.69 Å². The van der Waals surface area contributed by atoms with E-state index >= 15 is 0 Å². The van der Waals surface area contributed by atoms with Crippen LogP contribution in [0, 0.1) is 0 Å². The molecule has 0 unspecified atom stereocenters. The zero-order valence-electron chi connectivity index (χ0n) is 16.4. The summed E-state index contributed by atoms with van der Waals surface area (Å²) in [6.45, 7) is 4.52. The monoisotopic (exact) mass is 440 g/mol. The summed E-state index contributed by atoms with van der Waals surface area (Å²) < 4.78 is 64.0. The molecule has 29 heavy (non-hydrogen) atoms. The van der Waals surface area contributed by atoms with Crippen LogP contribution >= 0.6 is 0 Å². The molecular formula is C18H25BN2O6S2. The van der Waals surface area contributed by atoms with E-state index < -0.39 is 20.0 Å². The van der Waals surface area contributed by atoms with Gasteiger partial charge in [0.2, 0.25) is 20.0 Å². The molecule has 0 aromatic heterocycles. The van der Waals surface area contributed by atoms with E-state index in [1.807, 2.05) is 13.8 Å². The highest BCUT2D eigenvalue weighted by atomic mass is 32.2. The van der Waals surface area contributed by atoms with Crippen LogP contribution in [0.5, 0.6) is 11.5 Å². The second kappa shape index (κ2) is 10.6. The maximum atomic E-state index is 12.0. The van der Waals surface area contributed by atoms with Gasteiger partial charge in [-0.25, -0.2) is 26.3 Å². The Hall–Kier alpha value is -2.08. The summed E-state index contributed by atoms with van der Waals surface area (Å²) in [5, 5.41) is 0. The molecule has 0 amide bonds. The average Bonchev–Trinajstić information content (AvgIpc) is 2.71. The van der Waals surface area contributed by atoms with Gasteiger partial charge in [-0.3, -0.25) is 0 Å². The Bertz CT molecular complexity index is 897. The van der Waals surface area contributed by atoms with Crippen molar-refractivity contribution in [3.05, 3.63) is 48.5 Å². The molecule has 2 aromatic rings. The molecule has 0 bridgehead atoms. The first-order chi connectivity index (χ1) is 13.8. The summed E-state index contributed by atoms with van der Waals surface area (Å²) in [6.07, 6.45) is 1.42. The zero-order chi connectivity index (χ0) is 21.3. The third kappa shape index (κ3) is 7.04. The Morgan fingerprint density at radius 3 is 1.34 bits per heavy atom. The molecule has 0 radical (unpaired) electrons. The lowest BCUT2D eigenvalue weighted by Gasteiger charge is -2.10. The van der Waals surface area contributed by atoms with Gasteiger partial charge in [0.05, 0.1) is 9.79 Å². The van der Waals surface area contributed by atoms with Crippen LogP contribution in [0.1, 0.15) is 26.7 Å². The van der Waals surface area contributed by atoms with Crippen molar-refractivity contribution < 1.29 is 26.1 Å². The molecular weight excluding hydrogens is 415 g/mol. The largest absolute Gasteiger partial charge is 0.576 e. The minimum atomic E-state index is -3.52. The summed E-state index contributed by atoms with van der Waals surface area (Å²) in [4.78, 5) is 0.320. The second-order valence-corrected chi connectivity index (χ2v) is 9.68. The summed E-state index contributed by atoms with van der Waals surface area (Å²) in [5.74, 6) is 0.893. The van der Waals surface area contributed by atoms with Gasteiger partial charge in [0.25, 0.3) is 0 Å². The van der Waals surface area contributed by atoms with E-state index in [1.165, 1.54) is 24.3 Å². The van der Waals surface area contributed by atoms with E-state index in [0.717, 1.165) is 0 Å². The van der Waals surface area contributed by atoms with E-state index in [9.17, 15) is 16.8 Å². The predicted molar refractivity (Wildman–Crippen MR) is 112 cm³/mol. The molecule has 8 nitrogen and oxygen atoms in total. The minimum absolute atomic E-state index is 0.111. The molecule has 0 aliphatic carbocycles. The van der Waals surface area contributed by atoms with Crippen molar-refractivity contribution >= 4 is 27.7 Å². The SMILES string of the molecule is CCCNS(=O)(=O)c1ccc(OBOc2ccc(S(=O)(=O)NCCC)cc2)cc1. The number of rotatable bonds is 12. The standard InChI is InChI=1S/C18H25BN2O6S2/c1-3-13-20-28(22,23)17-9-5-15(6-10-17)26-19-27-16-7-11-18(12-8-16)29(24,25)21-14-4-2/h5-12,19-21H,3-4,13-14H2,1-2H3. The van der Waals surface area contributed by atoms with Crippen LogP contribution in [0.25, 0.3) is 0 Å². The molecule has 0 spiro atoms. The first kappa shape index (κ1) is 23.2. The van der Waals surface area contributed by atoms with Gasteiger partial charge < -0.3 is 9.31 Å². The quantitative estimate of drug-likeness (QED) is 0.487. The Labute approximate surface area is 173 Å². The van der Waals surface area contributed by atoms with Crippen LogP contribution in [0.15, 0.2) is 58.3 Å². The van der Waals surface area contributed by atoms with Crippen molar-refractivity contribution in [3.8, 4) is 11.5 Å². The van der Waals surface area contributed by atoms with Crippen LogP contribution in [0.4, 0.5) is 0 Å². The maximum absolute atomic E-state index is 12.0. The Kier molecular flexibility index (Phi) is 8.51. The molecule has 0 heterocycles. The number of benzene rings is 2. The fourth-order valence-corrected chi connectivity index (χ4v) is 4.50. The Morgan fingerprint density at radius 1 is 0.690 bits per heavy atom. The Balaban J connectivity index is 1.88. The first-order valence-corrected chi connectivity index (χ1v) is 12.2. The molecule has 0 aliphatic rings. The van der Waals surface area contributed by atoms with Crippen molar-refractivity contribution in [3.63, 3.8) is 0 Å². The van der Waals surface area contributed by atoms with Crippen molar-refractivity contribution in [2.45, 2.75) is 36.5 Å². The minimum Gasteiger partial charge on any atom is -0.529 e. The smallest absolute Gasteiger partial charge is 0.529 e.